The van der Waals surface area contributed by atoms with Crippen molar-refractivity contribution < 1.29 is 19.2 Å². The van der Waals surface area contributed by atoms with Crippen LogP contribution in [0.2, 0.25) is 0 Å². The van der Waals surface area contributed by atoms with E-state index in [1.54, 1.807) is 0 Å². The monoisotopic (exact) mass is 293 g/mol. The van der Waals surface area contributed by atoms with Gasteiger partial charge >= 0.3 is 11.7 Å². The number of benzene rings is 1. The lowest BCUT2D eigenvalue weighted by Gasteiger charge is -2.21. The maximum atomic E-state index is 11.5. The van der Waals surface area contributed by atoms with Gasteiger partial charge in [-0.3, -0.25) is 10.1 Å². The van der Waals surface area contributed by atoms with Crippen LogP contribution >= 0.6 is 0 Å². The molecule has 1 aromatic rings. The van der Waals surface area contributed by atoms with E-state index in [0.29, 0.717) is 12.5 Å². The minimum Gasteiger partial charge on any atom is -0.487 e. The zero-order chi connectivity index (χ0) is 15.2. The van der Waals surface area contributed by atoms with Gasteiger partial charge in [0.1, 0.15) is 0 Å². The van der Waals surface area contributed by atoms with Crippen molar-refractivity contribution in [2.45, 2.75) is 32.1 Å². The van der Waals surface area contributed by atoms with Gasteiger partial charge in [0.15, 0.2) is 5.75 Å². The van der Waals surface area contributed by atoms with Gasteiger partial charge in [0, 0.05) is 12.1 Å². The van der Waals surface area contributed by atoms with E-state index in [1.807, 2.05) is 0 Å². The van der Waals surface area contributed by atoms with Gasteiger partial charge < -0.3 is 9.47 Å². The Morgan fingerprint density at radius 1 is 1.33 bits per heavy atom. The predicted octanol–water partition coefficient (Wildman–Crippen LogP) is 3.34. The first-order valence-corrected chi connectivity index (χ1v) is 7.11. The third-order valence-electron chi connectivity index (χ3n) is 3.78. The Morgan fingerprint density at radius 3 is 2.67 bits per heavy atom. The normalized spacial score (nSPS) is 15.5. The molecule has 0 atom stereocenters. The van der Waals surface area contributed by atoms with Crippen LogP contribution in [0.25, 0.3) is 0 Å². The minimum atomic E-state index is -0.535. The molecule has 0 aliphatic heterocycles. The van der Waals surface area contributed by atoms with Crippen LogP contribution in [0, 0.1) is 16.0 Å². The first kappa shape index (κ1) is 15.3. The van der Waals surface area contributed by atoms with Crippen molar-refractivity contribution >= 4 is 11.7 Å². The molecule has 1 aromatic carbocycles. The fourth-order valence-corrected chi connectivity index (χ4v) is 2.59. The number of ether oxygens (including phenoxy) is 2. The first-order chi connectivity index (χ1) is 10.1. The molecule has 114 valence electrons. The molecule has 6 nitrogen and oxygen atoms in total. The average Bonchev–Trinajstić information content (AvgIpc) is 2.52. The molecule has 0 saturated heterocycles. The maximum Gasteiger partial charge on any atom is 0.337 e. The molecule has 0 heterocycles. The Morgan fingerprint density at radius 2 is 2.05 bits per heavy atom. The maximum absolute atomic E-state index is 11.5. The van der Waals surface area contributed by atoms with Crippen molar-refractivity contribution in [2.75, 3.05) is 13.7 Å². The number of nitrogens with zero attached hydrogens (tertiary/aromatic N) is 1. The topological polar surface area (TPSA) is 78.7 Å². The fourth-order valence-electron chi connectivity index (χ4n) is 2.59. The van der Waals surface area contributed by atoms with Crippen LogP contribution in [0.15, 0.2) is 18.2 Å². The summed E-state index contributed by atoms with van der Waals surface area (Å²) in [4.78, 5) is 22.0. The van der Waals surface area contributed by atoms with E-state index in [9.17, 15) is 14.9 Å². The van der Waals surface area contributed by atoms with Gasteiger partial charge in [-0.25, -0.2) is 4.79 Å². The van der Waals surface area contributed by atoms with E-state index in [4.69, 9.17) is 4.74 Å². The number of hydrogen-bond donors (Lipinski definition) is 0. The molecule has 0 spiro atoms. The second kappa shape index (κ2) is 7.06. The highest BCUT2D eigenvalue weighted by Crippen LogP contribution is 2.30. The van der Waals surface area contributed by atoms with Gasteiger partial charge in [-0.15, -0.1) is 0 Å². The lowest BCUT2D eigenvalue weighted by molar-refractivity contribution is -0.385. The SMILES string of the molecule is COC(=O)c1ccc([N+](=O)[O-])c(OCC2CCCCC2)c1. The Hall–Kier alpha value is -2.11. The molecule has 0 N–H and O–H groups in total. The summed E-state index contributed by atoms with van der Waals surface area (Å²) in [5.74, 6) is 0.0287. The Kier molecular flexibility index (Phi) is 5.14. The fraction of sp³-hybridized carbons (Fsp3) is 0.533. The van der Waals surface area contributed by atoms with Gasteiger partial charge in [0.2, 0.25) is 0 Å². The van der Waals surface area contributed by atoms with Crippen LogP contribution in [0.4, 0.5) is 5.69 Å². The molecule has 0 radical (unpaired) electrons. The molecule has 1 saturated carbocycles. The molecule has 1 aliphatic carbocycles. The number of esters is 1. The highest BCUT2D eigenvalue weighted by Gasteiger charge is 2.20. The number of methoxy groups -OCH3 is 1. The summed E-state index contributed by atoms with van der Waals surface area (Å²) >= 11 is 0. The lowest BCUT2D eigenvalue weighted by atomic mass is 9.90. The van der Waals surface area contributed by atoms with E-state index in [1.165, 1.54) is 44.6 Å². The summed E-state index contributed by atoms with van der Waals surface area (Å²) in [6.45, 7) is 0.450. The number of carbonyl (C=O) groups excluding carboxylic acids is 1. The van der Waals surface area contributed by atoms with E-state index in [2.05, 4.69) is 4.74 Å². The van der Waals surface area contributed by atoms with Crippen molar-refractivity contribution in [1.29, 1.82) is 0 Å². The van der Waals surface area contributed by atoms with Crippen molar-refractivity contribution in [3.05, 3.63) is 33.9 Å². The van der Waals surface area contributed by atoms with Crippen LogP contribution in [0.1, 0.15) is 42.5 Å². The Bertz CT molecular complexity index is 523. The van der Waals surface area contributed by atoms with E-state index < -0.39 is 10.9 Å². The molecule has 0 amide bonds. The summed E-state index contributed by atoms with van der Waals surface area (Å²) in [7, 11) is 1.27. The molecule has 21 heavy (non-hydrogen) atoms. The second-order valence-electron chi connectivity index (χ2n) is 5.25. The largest absolute Gasteiger partial charge is 0.487 e. The highest BCUT2D eigenvalue weighted by molar-refractivity contribution is 5.90. The van der Waals surface area contributed by atoms with Crippen LogP contribution in [0.3, 0.4) is 0 Å². The highest BCUT2D eigenvalue weighted by atomic mass is 16.6. The number of carbonyl (C=O) groups is 1. The van der Waals surface area contributed by atoms with E-state index >= 15 is 0 Å². The zero-order valence-electron chi connectivity index (χ0n) is 12.0. The second-order valence-corrected chi connectivity index (χ2v) is 5.25. The molecule has 0 bridgehead atoms. The number of nitro benzene ring substituents is 1. The van der Waals surface area contributed by atoms with Crippen molar-refractivity contribution in [3.63, 3.8) is 0 Å². The lowest BCUT2D eigenvalue weighted by Crippen LogP contribution is -2.16. The summed E-state index contributed by atoms with van der Waals surface area (Å²) < 4.78 is 10.2. The summed E-state index contributed by atoms with van der Waals surface area (Å²) in [6.07, 6.45) is 5.78. The third-order valence-corrected chi connectivity index (χ3v) is 3.78. The summed E-state index contributed by atoms with van der Waals surface area (Å²) in [5, 5.41) is 11.0. The average molecular weight is 293 g/mol. The zero-order valence-corrected chi connectivity index (χ0v) is 12.0. The van der Waals surface area contributed by atoms with Crippen LogP contribution in [-0.4, -0.2) is 24.6 Å². The number of nitro groups is 1. The first-order valence-electron chi connectivity index (χ1n) is 7.11. The molecule has 2 rings (SSSR count). The molecule has 1 aliphatic rings. The summed E-state index contributed by atoms with van der Waals surface area (Å²) in [5.41, 5.74) is 0.125. The molecule has 1 fully saturated rings. The van der Waals surface area contributed by atoms with Gasteiger partial charge in [-0.2, -0.15) is 0 Å². The van der Waals surface area contributed by atoms with Gasteiger partial charge in [0.05, 0.1) is 24.2 Å². The van der Waals surface area contributed by atoms with Crippen molar-refractivity contribution in [2.24, 2.45) is 5.92 Å². The molecule has 6 heteroatoms. The molecular weight excluding hydrogens is 274 g/mol. The minimum absolute atomic E-state index is 0.126. The third kappa shape index (κ3) is 3.93. The summed E-state index contributed by atoms with van der Waals surface area (Å²) in [6, 6.07) is 4.03. The predicted molar refractivity (Wildman–Crippen MR) is 76.5 cm³/mol. The van der Waals surface area contributed by atoms with Crippen molar-refractivity contribution in [3.8, 4) is 5.75 Å². The van der Waals surface area contributed by atoms with Gasteiger partial charge in [-0.1, -0.05) is 19.3 Å². The quantitative estimate of drug-likeness (QED) is 0.472. The van der Waals surface area contributed by atoms with E-state index in [0.717, 1.165) is 12.8 Å². The number of rotatable bonds is 5. The van der Waals surface area contributed by atoms with Gasteiger partial charge in [-0.05, 0) is 24.8 Å². The Balaban J connectivity index is 2.13. The standard InChI is InChI=1S/C15H19NO5/c1-20-15(17)12-7-8-13(16(18)19)14(9-12)21-10-11-5-3-2-4-6-11/h7-9,11H,2-6,10H2,1H3. The molecular formula is C15H19NO5. The van der Waals surface area contributed by atoms with Crippen molar-refractivity contribution in [1.82, 2.24) is 0 Å². The molecule has 0 aromatic heterocycles. The Labute approximate surface area is 123 Å². The van der Waals surface area contributed by atoms with Crippen LogP contribution in [-0.2, 0) is 4.74 Å². The molecule has 0 unspecified atom stereocenters. The van der Waals surface area contributed by atoms with Crippen LogP contribution < -0.4 is 4.74 Å². The van der Waals surface area contributed by atoms with Gasteiger partial charge in [0.25, 0.3) is 0 Å². The smallest absolute Gasteiger partial charge is 0.337 e. The van der Waals surface area contributed by atoms with Crippen LogP contribution in [0.5, 0.6) is 5.75 Å². The number of hydrogen-bond acceptors (Lipinski definition) is 5. The van der Waals surface area contributed by atoms with E-state index in [-0.39, 0.29) is 17.0 Å².